The van der Waals surface area contributed by atoms with Gasteiger partial charge in [0.1, 0.15) is 0 Å². The van der Waals surface area contributed by atoms with Gasteiger partial charge in [-0.25, -0.2) is 5.11 Å². The van der Waals surface area contributed by atoms with Gasteiger partial charge in [-0.3, -0.25) is 0 Å². The van der Waals surface area contributed by atoms with Crippen LogP contribution in [0.25, 0.3) is 0 Å². The van der Waals surface area contributed by atoms with E-state index in [1.165, 1.54) is 50.9 Å². The Hall–Kier alpha value is -0.860. The number of rotatable bonds is 7. The number of hydrogen-bond acceptors (Lipinski definition) is 1. The van der Waals surface area contributed by atoms with E-state index in [4.69, 9.17) is 0 Å². The topological polar surface area (TPSA) is 23.1 Å². The van der Waals surface area contributed by atoms with Crippen LogP contribution in [-0.4, -0.2) is 31.1 Å². The van der Waals surface area contributed by atoms with Gasteiger partial charge >= 0.3 is 0 Å². The average Bonchev–Trinajstić information content (AvgIpc) is 2.49. The second kappa shape index (κ2) is 8.34. The number of benzene rings is 1. The van der Waals surface area contributed by atoms with Gasteiger partial charge in [0.15, 0.2) is 0 Å². The predicted octanol–water partition coefficient (Wildman–Crippen LogP) is 3.86. The van der Waals surface area contributed by atoms with Crippen LogP contribution in [0.5, 0.6) is 0 Å². The van der Waals surface area contributed by atoms with E-state index < -0.39 is 0 Å². The summed E-state index contributed by atoms with van der Waals surface area (Å²) >= 11 is 0. The fraction of sp³-hybridized carbons (Fsp3) is 0.647. The Labute approximate surface area is 117 Å². The van der Waals surface area contributed by atoms with E-state index in [1.807, 2.05) is 0 Å². The third-order valence-corrected chi connectivity index (χ3v) is 4.23. The van der Waals surface area contributed by atoms with Gasteiger partial charge in [-0.15, -0.1) is 0 Å². The molecule has 1 saturated heterocycles. The standard InChI is InChI=1S/C17H26NO/c19-15-7-2-1-6-12-18-13-10-17(11-14-18)16-8-4-3-5-9-16/h3-5,8-9,17H,1-2,6-7,10-15H2. The molecular weight excluding hydrogens is 234 g/mol. The van der Waals surface area contributed by atoms with E-state index in [-0.39, 0.29) is 6.61 Å². The van der Waals surface area contributed by atoms with E-state index >= 15 is 0 Å². The Morgan fingerprint density at radius 1 is 0.947 bits per heavy atom. The van der Waals surface area contributed by atoms with Crippen LogP contribution in [0.4, 0.5) is 0 Å². The van der Waals surface area contributed by atoms with Crippen molar-refractivity contribution in [2.75, 3.05) is 26.2 Å². The summed E-state index contributed by atoms with van der Waals surface area (Å²) in [7, 11) is 0. The van der Waals surface area contributed by atoms with Gasteiger partial charge in [0.2, 0.25) is 0 Å². The number of hydrogen-bond donors (Lipinski definition) is 0. The third-order valence-electron chi connectivity index (χ3n) is 4.23. The minimum absolute atomic E-state index is 0.0997. The Morgan fingerprint density at radius 2 is 1.63 bits per heavy atom. The highest BCUT2D eigenvalue weighted by atomic mass is 16.2. The molecule has 1 aliphatic rings. The first-order chi connectivity index (χ1) is 9.40. The second-order valence-corrected chi connectivity index (χ2v) is 5.64. The van der Waals surface area contributed by atoms with Crippen LogP contribution in [0.3, 0.4) is 0 Å². The molecule has 2 heteroatoms. The van der Waals surface area contributed by atoms with Crippen LogP contribution < -0.4 is 0 Å². The van der Waals surface area contributed by atoms with Crippen molar-refractivity contribution >= 4 is 0 Å². The minimum atomic E-state index is 0.0997. The van der Waals surface area contributed by atoms with Crippen molar-refractivity contribution in [3.05, 3.63) is 35.9 Å². The number of likely N-dealkylation sites (tertiary alicyclic amines) is 1. The fourth-order valence-corrected chi connectivity index (χ4v) is 3.01. The maximum absolute atomic E-state index is 10.4. The highest BCUT2D eigenvalue weighted by molar-refractivity contribution is 5.19. The fourth-order valence-electron chi connectivity index (χ4n) is 3.01. The summed E-state index contributed by atoms with van der Waals surface area (Å²) in [5, 5.41) is 10.4. The summed E-state index contributed by atoms with van der Waals surface area (Å²) in [5.74, 6) is 0.762. The summed E-state index contributed by atoms with van der Waals surface area (Å²) in [6, 6.07) is 10.9. The molecule has 2 rings (SSSR count). The predicted molar refractivity (Wildman–Crippen MR) is 78.9 cm³/mol. The molecule has 105 valence electrons. The molecule has 19 heavy (non-hydrogen) atoms. The minimum Gasteiger partial charge on any atom is -0.303 e. The Balaban J connectivity index is 1.63. The number of unbranched alkanes of at least 4 members (excludes halogenated alkanes) is 3. The number of piperidine rings is 1. The zero-order valence-corrected chi connectivity index (χ0v) is 11.9. The van der Waals surface area contributed by atoms with Crippen molar-refractivity contribution in [3.63, 3.8) is 0 Å². The summed E-state index contributed by atoms with van der Waals surface area (Å²) in [6.45, 7) is 3.80. The molecule has 1 fully saturated rings. The summed E-state index contributed by atoms with van der Waals surface area (Å²) in [4.78, 5) is 2.59. The lowest BCUT2D eigenvalue weighted by Gasteiger charge is -2.32. The van der Waals surface area contributed by atoms with Crippen LogP contribution in [0.15, 0.2) is 30.3 Å². The molecule has 1 aromatic carbocycles. The Kier molecular flexibility index (Phi) is 6.38. The molecular formula is C17H26NO. The van der Waals surface area contributed by atoms with Crippen molar-refractivity contribution in [2.45, 2.75) is 44.4 Å². The van der Waals surface area contributed by atoms with Gasteiger partial charge in [-0.05, 0) is 56.8 Å². The maximum atomic E-state index is 10.4. The molecule has 0 saturated carbocycles. The lowest BCUT2D eigenvalue weighted by Crippen LogP contribution is -2.33. The van der Waals surface area contributed by atoms with Crippen molar-refractivity contribution in [2.24, 2.45) is 0 Å². The first-order valence-corrected chi connectivity index (χ1v) is 7.75. The van der Waals surface area contributed by atoms with Crippen LogP contribution in [0.1, 0.15) is 50.0 Å². The van der Waals surface area contributed by atoms with Crippen molar-refractivity contribution in [1.29, 1.82) is 0 Å². The quantitative estimate of drug-likeness (QED) is 0.683. The summed E-state index contributed by atoms with van der Waals surface area (Å²) in [6.07, 6.45) is 7.05. The molecule has 0 N–H and O–H groups in total. The van der Waals surface area contributed by atoms with Gasteiger partial charge in [0, 0.05) is 0 Å². The van der Waals surface area contributed by atoms with Gasteiger partial charge in [-0.1, -0.05) is 43.2 Å². The zero-order chi connectivity index (χ0) is 13.3. The lowest BCUT2D eigenvalue weighted by atomic mass is 9.89. The SMILES string of the molecule is [O]CCCCCCN1CCC(c2ccccc2)CC1. The summed E-state index contributed by atoms with van der Waals surface area (Å²) in [5.41, 5.74) is 1.51. The van der Waals surface area contributed by atoms with Crippen LogP contribution in [0.2, 0.25) is 0 Å². The normalized spacial score (nSPS) is 17.7. The van der Waals surface area contributed by atoms with Crippen molar-refractivity contribution in [1.82, 2.24) is 4.90 Å². The van der Waals surface area contributed by atoms with Gasteiger partial charge in [0.25, 0.3) is 0 Å². The zero-order valence-electron chi connectivity index (χ0n) is 11.9. The maximum Gasteiger partial charge on any atom is 0.0822 e. The average molecular weight is 260 g/mol. The van der Waals surface area contributed by atoms with Gasteiger partial charge in [0.05, 0.1) is 6.61 Å². The molecule has 0 spiro atoms. The molecule has 1 aliphatic heterocycles. The summed E-state index contributed by atoms with van der Waals surface area (Å²) < 4.78 is 0. The molecule has 0 amide bonds. The molecule has 0 atom stereocenters. The largest absolute Gasteiger partial charge is 0.303 e. The van der Waals surface area contributed by atoms with Crippen molar-refractivity contribution in [3.8, 4) is 0 Å². The smallest absolute Gasteiger partial charge is 0.0822 e. The first-order valence-electron chi connectivity index (χ1n) is 7.75. The molecule has 1 aromatic rings. The van der Waals surface area contributed by atoms with Crippen molar-refractivity contribution < 1.29 is 5.11 Å². The molecule has 2 nitrogen and oxygen atoms in total. The monoisotopic (exact) mass is 260 g/mol. The Morgan fingerprint density at radius 3 is 2.32 bits per heavy atom. The van der Waals surface area contributed by atoms with Gasteiger partial charge < -0.3 is 4.90 Å². The number of nitrogens with zero attached hydrogens (tertiary/aromatic N) is 1. The third kappa shape index (κ3) is 4.96. The molecule has 1 heterocycles. The highest BCUT2D eigenvalue weighted by Crippen LogP contribution is 2.27. The van der Waals surface area contributed by atoms with E-state index in [2.05, 4.69) is 35.2 Å². The van der Waals surface area contributed by atoms with Crippen LogP contribution in [-0.2, 0) is 5.11 Å². The van der Waals surface area contributed by atoms with E-state index in [1.54, 1.807) is 0 Å². The Bertz CT molecular complexity index is 330. The van der Waals surface area contributed by atoms with E-state index in [9.17, 15) is 5.11 Å². The van der Waals surface area contributed by atoms with E-state index in [0.29, 0.717) is 0 Å². The second-order valence-electron chi connectivity index (χ2n) is 5.64. The van der Waals surface area contributed by atoms with Gasteiger partial charge in [-0.2, -0.15) is 0 Å². The highest BCUT2D eigenvalue weighted by Gasteiger charge is 2.19. The molecule has 0 bridgehead atoms. The van der Waals surface area contributed by atoms with Crippen LogP contribution in [0, 0.1) is 0 Å². The molecule has 0 unspecified atom stereocenters. The molecule has 0 aromatic heterocycles. The lowest BCUT2D eigenvalue weighted by molar-refractivity contribution is 0.182. The van der Waals surface area contributed by atoms with E-state index in [0.717, 1.165) is 18.8 Å². The van der Waals surface area contributed by atoms with Crippen LogP contribution >= 0.6 is 0 Å². The molecule has 0 aliphatic carbocycles. The first kappa shape index (κ1) is 14.5. The molecule has 1 radical (unpaired) electrons.